The molecule has 0 fully saturated rings. The second-order valence-electron chi connectivity index (χ2n) is 6.00. The molecule has 4 N–H and O–H groups in total. The number of carbonyl (C=O) groups is 2. The SMILES string of the molecule is COCC(=O)Nc1ccc(NC(N)=NC(=O)OC)cc1S(=O)(=O)Oc1cccc(OC)c1. The molecule has 2 rings (SSSR count). The largest absolute Gasteiger partial charge is 0.497 e. The van der Waals surface area contributed by atoms with E-state index in [0.717, 1.165) is 13.2 Å². The molecule has 2 amide bonds. The lowest BCUT2D eigenvalue weighted by Crippen LogP contribution is -2.25. The molecule has 2 aromatic carbocycles. The molecule has 2 aromatic rings. The molecular formula is C19H22N4O8S. The van der Waals surface area contributed by atoms with Gasteiger partial charge in [-0.05, 0) is 30.3 Å². The lowest BCUT2D eigenvalue weighted by atomic mass is 10.2. The number of aliphatic imine (C=N–C) groups is 1. The van der Waals surface area contributed by atoms with Gasteiger partial charge in [0, 0.05) is 18.9 Å². The monoisotopic (exact) mass is 466 g/mol. The van der Waals surface area contributed by atoms with Crippen LogP contribution in [0.15, 0.2) is 52.4 Å². The Balaban J connectivity index is 2.45. The van der Waals surface area contributed by atoms with Crippen LogP contribution in [0.25, 0.3) is 0 Å². The van der Waals surface area contributed by atoms with Gasteiger partial charge in [-0.15, -0.1) is 4.99 Å². The van der Waals surface area contributed by atoms with Gasteiger partial charge in [0.05, 0.1) is 19.9 Å². The number of benzene rings is 2. The molecule has 0 bridgehead atoms. The van der Waals surface area contributed by atoms with Crippen LogP contribution >= 0.6 is 0 Å². The van der Waals surface area contributed by atoms with Crippen molar-refractivity contribution in [3.05, 3.63) is 42.5 Å². The van der Waals surface area contributed by atoms with Crippen LogP contribution in [0.3, 0.4) is 0 Å². The Morgan fingerprint density at radius 1 is 1.03 bits per heavy atom. The normalized spacial score (nSPS) is 11.4. The third kappa shape index (κ3) is 6.85. The molecule has 12 nitrogen and oxygen atoms in total. The van der Waals surface area contributed by atoms with E-state index in [1.54, 1.807) is 12.1 Å². The molecule has 0 aliphatic rings. The zero-order valence-electron chi connectivity index (χ0n) is 17.4. The van der Waals surface area contributed by atoms with E-state index in [2.05, 4.69) is 20.4 Å². The number of carbonyl (C=O) groups excluding carboxylic acids is 2. The average molecular weight is 466 g/mol. The number of amides is 2. The number of hydrogen-bond donors (Lipinski definition) is 3. The zero-order valence-corrected chi connectivity index (χ0v) is 18.3. The summed E-state index contributed by atoms with van der Waals surface area (Å²) in [6.45, 7) is -0.297. The van der Waals surface area contributed by atoms with E-state index in [-0.39, 0.29) is 34.6 Å². The number of nitrogens with one attached hydrogen (secondary N) is 2. The van der Waals surface area contributed by atoms with Crippen molar-refractivity contribution in [2.24, 2.45) is 10.7 Å². The second-order valence-corrected chi connectivity index (χ2v) is 7.52. The molecule has 32 heavy (non-hydrogen) atoms. The molecule has 0 aliphatic heterocycles. The van der Waals surface area contributed by atoms with Gasteiger partial charge in [0.25, 0.3) is 0 Å². The van der Waals surface area contributed by atoms with Crippen molar-refractivity contribution in [1.82, 2.24) is 0 Å². The minimum Gasteiger partial charge on any atom is -0.497 e. The van der Waals surface area contributed by atoms with Gasteiger partial charge in [0.15, 0.2) is 0 Å². The summed E-state index contributed by atoms with van der Waals surface area (Å²) in [7, 11) is -0.575. The van der Waals surface area contributed by atoms with Gasteiger partial charge in [-0.25, -0.2) is 4.79 Å². The maximum Gasteiger partial charge on any atom is 0.436 e. The summed E-state index contributed by atoms with van der Waals surface area (Å²) in [4.78, 5) is 26.2. The molecule has 0 unspecified atom stereocenters. The Kier molecular flexibility index (Phi) is 8.38. The van der Waals surface area contributed by atoms with E-state index in [1.165, 1.54) is 38.5 Å². The number of hydrogen-bond acceptors (Lipinski definition) is 8. The quantitative estimate of drug-likeness (QED) is 0.295. The van der Waals surface area contributed by atoms with E-state index < -0.39 is 22.1 Å². The molecule has 0 atom stereocenters. The number of methoxy groups -OCH3 is 3. The Bertz CT molecular complexity index is 1120. The van der Waals surface area contributed by atoms with Crippen LogP contribution < -0.4 is 25.3 Å². The van der Waals surface area contributed by atoms with Crippen LogP contribution in [0, 0.1) is 0 Å². The predicted octanol–water partition coefficient (Wildman–Crippen LogP) is 1.54. The van der Waals surface area contributed by atoms with Crippen LogP contribution in [-0.2, 0) is 24.4 Å². The summed E-state index contributed by atoms with van der Waals surface area (Å²) < 4.78 is 45.4. The van der Waals surface area contributed by atoms with Crippen LogP contribution in [0.2, 0.25) is 0 Å². The van der Waals surface area contributed by atoms with Crippen molar-refractivity contribution in [2.45, 2.75) is 4.90 Å². The van der Waals surface area contributed by atoms with Crippen molar-refractivity contribution in [3.63, 3.8) is 0 Å². The third-order valence-electron chi connectivity index (χ3n) is 3.71. The van der Waals surface area contributed by atoms with Gasteiger partial charge in [0.2, 0.25) is 11.9 Å². The summed E-state index contributed by atoms with van der Waals surface area (Å²) in [5, 5.41) is 4.99. The van der Waals surface area contributed by atoms with Crippen molar-refractivity contribution < 1.29 is 36.4 Å². The maximum absolute atomic E-state index is 13.0. The molecule has 172 valence electrons. The predicted molar refractivity (Wildman–Crippen MR) is 115 cm³/mol. The number of nitrogens with zero attached hydrogens (tertiary/aromatic N) is 1. The zero-order chi connectivity index (χ0) is 23.7. The topological polar surface area (TPSA) is 168 Å². The van der Waals surface area contributed by atoms with Gasteiger partial charge in [0.1, 0.15) is 23.0 Å². The molecule has 0 radical (unpaired) electrons. The molecular weight excluding hydrogens is 444 g/mol. The van der Waals surface area contributed by atoms with Gasteiger partial charge in [-0.1, -0.05) is 6.07 Å². The number of anilines is 2. The Hall–Kier alpha value is -3.84. The third-order valence-corrected chi connectivity index (χ3v) is 4.99. The van der Waals surface area contributed by atoms with Crippen molar-refractivity contribution in [2.75, 3.05) is 38.6 Å². The molecule has 0 aliphatic carbocycles. The highest BCUT2D eigenvalue weighted by Gasteiger charge is 2.23. The summed E-state index contributed by atoms with van der Waals surface area (Å²) in [6.07, 6.45) is -0.951. The van der Waals surface area contributed by atoms with Crippen LogP contribution in [0.5, 0.6) is 11.5 Å². The Labute approximate surface area is 184 Å². The molecule has 13 heteroatoms. The van der Waals surface area contributed by atoms with E-state index in [9.17, 15) is 18.0 Å². The fraction of sp³-hybridized carbons (Fsp3) is 0.211. The second kappa shape index (κ2) is 11.0. The molecule has 0 saturated carbocycles. The first-order valence-electron chi connectivity index (χ1n) is 8.89. The Morgan fingerprint density at radius 2 is 1.75 bits per heavy atom. The number of ether oxygens (including phenoxy) is 3. The standard InChI is InChI=1S/C19H22N4O8S/c1-28-11-17(24)22-15-8-7-12(21-18(20)23-19(25)30-3)9-16(15)32(26,27)31-14-6-4-5-13(10-14)29-2/h4-10H,11H2,1-3H3,(H,22,24)(H3,20,21,23,25). The van der Waals surface area contributed by atoms with E-state index >= 15 is 0 Å². The lowest BCUT2D eigenvalue weighted by molar-refractivity contribution is -0.119. The van der Waals surface area contributed by atoms with Crippen LogP contribution in [-0.4, -0.2) is 54.3 Å². The summed E-state index contributed by atoms with van der Waals surface area (Å²) in [5.41, 5.74) is 5.69. The molecule has 0 heterocycles. The fourth-order valence-electron chi connectivity index (χ4n) is 2.37. The molecule has 0 spiro atoms. The van der Waals surface area contributed by atoms with Crippen molar-refractivity contribution in [3.8, 4) is 11.5 Å². The smallest absolute Gasteiger partial charge is 0.436 e. The summed E-state index contributed by atoms with van der Waals surface area (Å²) in [6, 6.07) is 9.83. The molecule has 0 aromatic heterocycles. The number of guanidine groups is 1. The first-order chi connectivity index (χ1) is 15.2. The van der Waals surface area contributed by atoms with Gasteiger partial charge >= 0.3 is 16.2 Å². The Morgan fingerprint density at radius 3 is 2.41 bits per heavy atom. The number of nitrogens with two attached hydrogens (primary N) is 1. The fourth-order valence-corrected chi connectivity index (χ4v) is 3.48. The number of rotatable bonds is 8. The van der Waals surface area contributed by atoms with Crippen LogP contribution in [0.1, 0.15) is 0 Å². The lowest BCUT2D eigenvalue weighted by Gasteiger charge is -2.15. The summed E-state index contributed by atoms with van der Waals surface area (Å²) >= 11 is 0. The minimum absolute atomic E-state index is 0.0105. The minimum atomic E-state index is -4.44. The van der Waals surface area contributed by atoms with Crippen LogP contribution in [0.4, 0.5) is 16.2 Å². The first kappa shape index (κ1) is 24.4. The van der Waals surface area contributed by atoms with E-state index in [1.807, 2.05) is 0 Å². The molecule has 0 saturated heterocycles. The average Bonchev–Trinajstić information content (AvgIpc) is 2.74. The highest BCUT2D eigenvalue weighted by Crippen LogP contribution is 2.29. The highest BCUT2D eigenvalue weighted by atomic mass is 32.2. The van der Waals surface area contributed by atoms with Gasteiger partial charge < -0.3 is 34.8 Å². The van der Waals surface area contributed by atoms with Crippen molar-refractivity contribution in [1.29, 1.82) is 0 Å². The summed E-state index contributed by atoms with van der Waals surface area (Å²) in [5.74, 6) is -0.555. The van der Waals surface area contributed by atoms with E-state index in [4.69, 9.17) is 19.4 Å². The van der Waals surface area contributed by atoms with Gasteiger partial charge in [-0.2, -0.15) is 8.42 Å². The van der Waals surface area contributed by atoms with Crippen molar-refractivity contribution >= 4 is 39.5 Å². The maximum atomic E-state index is 13.0. The first-order valence-corrected chi connectivity index (χ1v) is 10.3. The van der Waals surface area contributed by atoms with Gasteiger partial charge in [-0.3, -0.25) is 4.79 Å². The highest BCUT2D eigenvalue weighted by molar-refractivity contribution is 7.87. The van der Waals surface area contributed by atoms with E-state index in [0.29, 0.717) is 5.75 Å².